The molecule has 1 aliphatic heterocycles. The van der Waals surface area contributed by atoms with Crippen molar-refractivity contribution in [2.24, 2.45) is 5.73 Å². The minimum absolute atomic E-state index is 0.0105. The summed E-state index contributed by atoms with van der Waals surface area (Å²) < 4.78 is 46.8. The van der Waals surface area contributed by atoms with Crippen molar-refractivity contribution in [3.05, 3.63) is 29.6 Å². The maximum Gasteiger partial charge on any atom is 0.241 e. The highest BCUT2D eigenvalue weighted by atomic mass is 32.2. The van der Waals surface area contributed by atoms with Gasteiger partial charge in [0.25, 0.3) is 0 Å². The molecule has 1 aromatic rings. The average Bonchev–Trinajstić information content (AvgIpc) is 2.36. The Morgan fingerprint density at radius 3 is 2.81 bits per heavy atom. The van der Waals surface area contributed by atoms with Crippen LogP contribution >= 0.6 is 0 Å². The van der Waals surface area contributed by atoms with E-state index in [1.807, 2.05) is 13.8 Å². The van der Waals surface area contributed by atoms with Gasteiger partial charge >= 0.3 is 0 Å². The normalized spacial score (nSPS) is 22.2. The highest BCUT2D eigenvalue weighted by Crippen LogP contribution is 2.26. The lowest BCUT2D eigenvalue weighted by Crippen LogP contribution is -2.45. The fraction of sp³-hybridized carbons (Fsp3) is 0.571. The van der Waals surface area contributed by atoms with Gasteiger partial charge in [-0.3, -0.25) is 0 Å². The van der Waals surface area contributed by atoms with Crippen LogP contribution in [-0.2, 0) is 21.3 Å². The molecule has 0 radical (unpaired) electrons. The Morgan fingerprint density at radius 2 is 2.19 bits per heavy atom. The Hall–Kier alpha value is -1.02. The van der Waals surface area contributed by atoms with Crippen molar-refractivity contribution in [3.63, 3.8) is 0 Å². The molecular weight excluding hydrogens is 295 g/mol. The molecule has 1 aromatic carbocycles. The minimum Gasteiger partial charge on any atom is -0.375 e. The molecule has 1 aliphatic rings. The molecule has 7 heteroatoms. The van der Waals surface area contributed by atoms with E-state index >= 15 is 0 Å². The second-order valence-corrected chi connectivity index (χ2v) is 7.52. The van der Waals surface area contributed by atoms with Gasteiger partial charge in [-0.25, -0.2) is 17.5 Å². The second kappa shape index (κ2) is 6.00. The van der Waals surface area contributed by atoms with Crippen LogP contribution in [0.25, 0.3) is 0 Å². The molecule has 0 amide bonds. The Labute approximate surface area is 124 Å². The van der Waals surface area contributed by atoms with E-state index in [-0.39, 0.29) is 28.6 Å². The van der Waals surface area contributed by atoms with Gasteiger partial charge in [0.05, 0.1) is 10.5 Å². The second-order valence-electron chi connectivity index (χ2n) is 5.84. The van der Waals surface area contributed by atoms with Crippen LogP contribution in [0.5, 0.6) is 0 Å². The van der Waals surface area contributed by atoms with E-state index in [2.05, 4.69) is 4.72 Å². The van der Waals surface area contributed by atoms with Crippen molar-refractivity contribution < 1.29 is 17.5 Å². The van der Waals surface area contributed by atoms with Crippen LogP contribution in [0, 0.1) is 5.82 Å². The van der Waals surface area contributed by atoms with Crippen LogP contribution in [0.4, 0.5) is 4.39 Å². The summed E-state index contributed by atoms with van der Waals surface area (Å²) in [5, 5.41) is 0. The molecule has 3 N–H and O–H groups in total. The zero-order chi connectivity index (χ0) is 15.7. The zero-order valence-corrected chi connectivity index (χ0v) is 13.0. The SMILES string of the molecule is CC1(C)CC(NS(=O)(=O)c2cccc(F)c2CN)CCO1. The maximum atomic E-state index is 13.7. The molecule has 1 atom stereocenters. The predicted octanol–water partition coefficient (Wildman–Crippen LogP) is 1.52. The van der Waals surface area contributed by atoms with Gasteiger partial charge < -0.3 is 10.5 Å². The van der Waals surface area contributed by atoms with E-state index < -0.39 is 15.8 Å². The van der Waals surface area contributed by atoms with Gasteiger partial charge in [-0.15, -0.1) is 0 Å². The molecule has 1 unspecified atom stereocenters. The van der Waals surface area contributed by atoms with E-state index in [1.165, 1.54) is 18.2 Å². The van der Waals surface area contributed by atoms with Crippen molar-refractivity contribution in [3.8, 4) is 0 Å². The van der Waals surface area contributed by atoms with Crippen molar-refractivity contribution in [1.82, 2.24) is 4.72 Å². The van der Waals surface area contributed by atoms with Gasteiger partial charge in [-0.2, -0.15) is 0 Å². The van der Waals surface area contributed by atoms with Crippen molar-refractivity contribution >= 4 is 10.0 Å². The first kappa shape index (κ1) is 16.4. The van der Waals surface area contributed by atoms with Crippen LogP contribution < -0.4 is 10.5 Å². The summed E-state index contributed by atoms with van der Waals surface area (Å²) >= 11 is 0. The smallest absolute Gasteiger partial charge is 0.241 e. The van der Waals surface area contributed by atoms with Gasteiger partial charge in [0.1, 0.15) is 5.82 Å². The molecule has 1 heterocycles. The molecular formula is C14H21FN2O3S. The highest BCUT2D eigenvalue weighted by Gasteiger charge is 2.32. The highest BCUT2D eigenvalue weighted by molar-refractivity contribution is 7.89. The average molecular weight is 316 g/mol. The number of nitrogens with two attached hydrogens (primary N) is 1. The Balaban J connectivity index is 2.25. The number of nitrogens with one attached hydrogen (secondary N) is 1. The maximum absolute atomic E-state index is 13.7. The third-order valence-electron chi connectivity index (χ3n) is 3.59. The van der Waals surface area contributed by atoms with Gasteiger partial charge in [0.15, 0.2) is 0 Å². The van der Waals surface area contributed by atoms with Crippen molar-refractivity contribution in [2.45, 2.75) is 49.8 Å². The molecule has 1 saturated heterocycles. The number of hydrogen-bond donors (Lipinski definition) is 2. The summed E-state index contributed by atoms with van der Waals surface area (Å²) in [4.78, 5) is -0.0886. The topological polar surface area (TPSA) is 81.4 Å². The lowest BCUT2D eigenvalue weighted by Gasteiger charge is -2.35. The number of benzene rings is 1. The fourth-order valence-electron chi connectivity index (χ4n) is 2.60. The van der Waals surface area contributed by atoms with Gasteiger partial charge in [0, 0.05) is 24.8 Å². The number of rotatable bonds is 4. The third-order valence-corrected chi connectivity index (χ3v) is 5.19. The number of hydrogen-bond acceptors (Lipinski definition) is 4. The van der Waals surface area contributed by atoms with E-state index in [9.17, 15) is 12.8 Å². The van der Waals surface area contributed by atoms with Crippen LogP contribution in [0.15, 0.2) is 23.1 Å². The Morgan fingerprint density at radius 1 is 1.48 bits per heavy atom. The lowest BCUT2D eigenvalue weighted by molar-refractivity contribution is -0.0599. The molecule has 0 saturated carbocycles. The van der Waals surface area contributed by atoms with E-state index in [0.717, 1.165) is 0 Å². The van der Waals surface area contributed by atoms with Gasteiger partial charge in [-0.05, 0) is 38.8 Å². The molecule has 2 rings (SSSR count). The molecule has 118 valence electrons. The van der Waals surface area contributed by atoms with Gasteiger partial charge in [0.2, 0.25) is 10.0 Å². The summed E-state index contributed by atoms with van der Waals surface area (Å²) in [6.45, 7) is 4.16. The van der Waals surface area contributed by atoms with Crippen LogP contribution in [0.1, 0.15) is 32.3 Å². The van der Waals surface area contributed by atoms with Crippen LogP contribution in [0.3, 0.4) is 0 Å². The van der Waals surface area contributed by atoms with Crippen molar-refractivity contribution in [2.75, 3.05) is 6.61 Å². The van der Waals surface area contributed by atoms with E-state index in [1.54, 1.807) is 0 Å². The first-order valence-electron chi connectivity index (χ1n) is 6.89. The quantitative estimate of drug-likeness (QED) is 0.882. The lowest BCUT2D eigenvalue weighted by atomic mass is 9.95. The molecule has 5 nitrogen and oxygen atoms in total. The minimum atomic E-state index is -3.80. The summed E-state index contributed by atoms with van der Waals surface area (Å²) in [5.41, 5.74) is 5.11. The molecule has 21 heavy (non-hydrogen) atoms. The molecule has 0 aromatic heterocycles. The first-order chi connectivity index (χ1) is 9.75. The summed E-state index contributed by atoms with van der Waals surface area (Å²) in [7, 11) is -3.80. The molecule has 0 spiro atoms. The third kappa shape index (κ3) is 3.79. The number of sulfonamides is 1. The summed E-state index contributed by atoms with van der Waals surface area (Å²) in [6, 6.07) is 3.72. The van der Waals surface area contributed by atoms with Crippen LogP contribution in [0.2, 0.25) is 0 Å². The molecule has 1 fully saturated rings. The van der Waals surface area contributed by atoms with E-state index in [4.69, 9.17) is 10.5 Å². The molecule has 0 aliphatic carbocycles. The van der Waals surface area contributed by atoms with Gasteiger partial charge in [-0.1, -0.05) is 6.07 Å². The largest absolute Gasteiger partial charge is 0.375 e. The van der Waals surface area contributed by atoms with Crippen molar-refractivity contribution in [1.29, 1.82) is 0 Å². The predicted molar refractivity (Wildman–Crippen MR) is 77.7 cm³/mol. The standard InChI is InChI=1S/C14H21FN2O3S/c1-14(2)8-10(6-7-20-14)17-21(18,19)13-5-3-4-12(15)11(13)9-16/h3-5,10,17H,6-9,16H2,1-2H3. The molecule has 0 bridgehead atoms. The first-order valence-corrected chi connectivity index (χ1v) is 8.37. The van der Waals surface area contributed by atoms with Crippen LogP contribution in [-0.4, -0.2) is 26.7 Å². The fourth-order valence-corrected chi connectivity index (χ4v) is 4.13. The monoisotopic (exact) mass is 316 g/mol. The Bertz CT molecular complexity index is 617. The Kier molecular flexibility index (Phi) is 4.67. The number of halogens is 1. The van der Waals surface area contributed by atoms with E-state index in [0.29, 0.717) is 19.4 Å². The number of ether oxygens (including phenoxy) is 1. The summed E-state index contributed by atoms with van der Waals surface area (Å²) in [6.07, 6.45) is 1.16. The summed E-state index contributed by atoms with van der Waals surface area (Å²) in [5.74, 6) is -0.604. The zero-order valence-electron chi connectivity index (χ0n) is 12.2.